The second kappa shape index (κ2) is 9.21. The second-order valence-electron chi connectivity index (χ2n) is 5.61. The van der Waals surface area contributed by atoms with E-state index >= 15 is 0 Å². The first-order valence-corrected chi connectivity index (χ1v) is 7.81. The van der Waals surface area contributed by atoms with Crippen molar-refractivity contribution in [2.45, 2.75) is 32.5 Å². The Hall–Kier alpha value is -2.58. The number of esters is 2. The van der Waals surface area contributed by atoms with Crippen LogP contribution in [0.5, 0.6) is 0 Å². The van der Waals surface area contributed by atoms with Crippen LogP contribution in [-0.2, 0) is 25.2 Å². The van der Waals surface area contributed by atoms with Gasteiger partial charge in [0.05, 0.1) is 18.2 Å². The molecule has 1 aromatic carbocycles. The van der Waals surface area contributed by atoms with Crippen LogP contribution >= 0.6 is 0 Å². The highest BCUT2D eigenvalue weighted by Crippen LogP contribution is 2.29. The third-order valence-corrected chi connectivity index (χ3v) is 3.77. The lowest BCUT2D eigenvalue weighted by Gasteiger charge is -2.21. The molecule has 0 heterocycles. The van der Waals surface area contributed by atoms with E-state index in [0.717, 1.165) is 24.3 Å². The summed E-state index contributed by atoms with van der Waals surface area (Å²) < 4.78 is 46.8. The Morgan fingerprint density at radius 3 is 2.19 bits per heavy atom. The predicted octanol–water partition coefficient (Wildman–Crippen LogP) is 2.57. The molecule has 0 unspecified atom stereocenters. The van der Waals surface area contributed by atoms with E-state index in [1.165, 1.54) is 7.11 Å². The molecule has 0 saturated heterocycles. The van der Waals surface area contributed by atoms with Crippen LogP contribution in [0.3, 0.4) is 0 Å². The number of methoxy groups -OCH3 is 1. The third kappa shape index (κ3) is 6.05. The van der Waals surface area contributed by atoms with Gasteiger partial charge < -0.3 is 14.8 Å². The maximum Gasteiger partial charge on any atom is 0.416 e. The highest BCUT2D eigenvalue weighted by molar-refractivity contribution is 5.92. The molecule has 0 aromatic heterocycles. The minimum atomic E-state index is -4.51. The summed E-state index contributed by atoms with van der Waals surface area (Å²) in [4.78, 5) is 35.4. The topological polar surface area (TPSA) is 81.7 Å². The first-order chi connectivity index (χ1) is 12.1. The fraction of sp³-hybridized carbons (Fsp3) is 0.471. The molecule has 0 aliphatic heterocycles. The maximum absolute atomic E-state index is 12.5. The monoisotopic (exact) mass is 375 g/mol. The zero-order chi connectivity index (χ0) is 19.9. The summed E-state index contributed by atoms with van der Waals surface area (Å²) in [5.41, 5.74) is -1.03. The molecular formula is C17H20F3NO5. The van der Waals surface area contributed by atoms with E-state index in [9.17, 15) is 27.6 Å². The van der Waals surface area contributed by atoms with E-state index in [1.54, 1.807) is 6.92 Å². The van der Waals surface area contributed by atoms with Gasteiger partial charge in [-0.2, -0.15) is 13.2 Å². The van der Waals surface area contributed by atoms with Crippen molar-refractivity contribution in [3.63, 3.8) is 0 Å². The summed E-state index contributed by atoms with van der Waals surface area (Å²) >= 11 is 0. The van der Waals surface area contributed by atoms with Crippen molar-refractivity contribution in [3.8, 4) is 0 Å². The van der Waals surface area contributed by atoms with Crippen molar-refractivity contribution in [2.24, 2.45) is 5.92 Å². The van der Waals surface area contributed by atoms with Crippen molar-refractivity contribution >= 4 is 17.8 Å². The SMILES string of the molecule is CC[C@@H](C)[C@@H](NC(=O)COC(=O)c1ccc(C(F)(F)F)cc1)C(=O)OC. The summed E-state index contributed by atoms with van der Waals surface area (Å²) in [6.07, 6.45) is -3.91. The van der Waals surface area contributed by atoms with Gasteiger partial charge in [0, 0.05) is 0 Å². The number of ether oxygens (including phenoxy) is 2. The molecule has 0 fully saturated rings. The molecule has 144 valence electrons. The summed E-state index contributed by atoms with van der Waals surface area (Å²) in [7, 11) is 1.19. The van der Waals surface area contributed by atoms with Crippen LogP contribution in [-0.4, -0.2) is 37.6 Å². The number of hydrogen-bond donors (Lipinski definition) is 1. The number of hydrogen-bond acceptors (Lipinski definition) is 5. The van der Waals surface area contributed by atoms with Gasteiger partial charge >= 0.3 is 18.1 Å². The molecule has 0 aliphatic carbocycles. The van der Waals surface area contributed by atoms with Crippen molar-refractivity contribution < 1.29 is 37.0 Å². The van der Waals surface area contributed by atoms with Gasteiger partial charge in [0.25, 0.3) is 5.91 Å². The second-order valence-corrected chi connectivity index (χ2v) is 5.61. The van der Waals surface area contributed by atoms with Crippen molar-refractivity contribution in [3.05, 3.63) is 35.4 Å². The molecule has 9 heteroatoms. The zero-order valence-corrected chi connectivity index (χ0v) is 14.6. The number of carbonyl (C=O) groups is 3. The van der Waals surface area contributed by atoms with E-state index in [2.05, 4.69) is 10.1 Å². The number of amides is 1. The Labute approximate surface area is 148 Å². The molecule has 1 amide bonds. The molecule has 2 atom stereocenters. The van der Waals surface area contributed by atoms with Gasteiger partial charge in [-0.1, -0.05) is 20.3 Å². The molecule has 0 spiro atoms. The Balaban J connectivity index is 2.63. The average molecular weight is 375 g/mol. The Morgan fingerprint density at radius 1 is 1.15 bits per heavy atom. The third-order valence-electron chi connectivity index (χ3n) is 3.77. The summed E-state index contributed by atoms with van der Waals surface area (Å²) in [6, 6.07) is 2.51. The fourth-order valence-corrected chi connectivity index (χ4v) is 2.02. The van der Waals surface area contributed by atoms with Crippen molar-refractivity contribution in [2.75, 3.05) is 13.7 Å². The van der Waals surface area contributed by atoms with Gasteiger partial charge in [0.15, 0.2) is 6.61 Å². The molecule has 0 saturated carbocycles. The summed E-state index contributed by atoms with van der Waals surface area (Å²) in [5.74, 6) is -2.49. The number of rotatable bonds is 7. The van der Waals surface area contributed by atoms with Crippen LogP contribution in [0.2, 0.25) is 0 Å². The van der Waals surface area contributed by atoms with E-state index in [0.29, 0.717) is 6.42 Å². The fourth-order valence-electron chi connectivity index (χ4n) is 2.02. The van der Waals surface area contributed by atoms with Crippen LogP contribution in [0.15, 0.2) is 24.3 Å². The van der Waals surface area contributed by atoms with Gasteiger partial charge in [-0.15, -0.1) is 0 Å². The van der Waals surface area contributed by atoms with E-state index < -0.39 is 42.2 Å². The van der Waals surface area contributed by atoms with Crippen molar-refractivity contribution in [1.29, 1.82) is 0 Å². The molecule has 1 aromatic rings. The highest BCUT2D eigenvalue weighted by atomic mass is 19.4. The number of benzene rings is 1. The van der Waals surface area contributed by atoms with E-state index in [-0.39, 0.29) is 11.5 Å². The number of halogens is 3. The zero-order valence-electron chi connectivity index (χ0n) is 14.6. The molecule has 0 aliphatic rings. The van der Waals surface area contributed by atoms with Gasteiger partial charge in [-0.05, 0) is 30.2 Å². The lowest BCUT2D eigenvalue weighted by Crippen LogP contribution is -2.47. The Kier molecular flexibility index (Phi) is 7.60. The minimum Gasteiger partial charge on any atom is -0.467 e. The molecule has 1 rings (SSSR count). The van der Waals surface area contributed by atoms with E-state index in [4.69, 9.17) is 4.74 Å². The Morgan fingerprint density at radius 2 is 1.73 bits per heavy atom. The van der Waals surface area contributed by atoms with Gasteiger partial charge in [0.2, 0.25) is 0 Å². The largest absolute Gasteiger partial charge is 0.467 e. The predicted molar refractivity (Wildman–Crippen MR) is 85.1 cm³/mol. The minimum absolute atomic E-state index is 0.128. The smallest absolute Gasteiger partial charge is 0.416 e. The van der Waals surface area contributed by atoms with Crippen LogP contribution < -0.4 is 5.32 Å². The first kappa shape index (κ1) is 21.5. The van der Waals surface area contributed by atoms with Gasteiger partial charge in [-0.25, -0.2) is 9.59 Å². The standard InChI is InChI=1S/C17H20F3NO5/c1-4-10(2)14(16(24)25-3)21-13(22)9-26-15(23)11-5-7-12(8-6-11)17(18,19)20/h5-8,10,14H,4,9H2,1-3H3,(H,21,22)/t10-,14-/m1/s1. The van der Waals surface area contributed by atoms with Crippen LogP contribution in [0.25, 0.3) is 0 Å². The first-order valence-electron chi connectivity index (χ1n) is 7.81. The molecule has 6 nitrogen and oxygen atoms in total. The van der Waals surface area contributed by atoms with Crippen molar-refractivity contribution in [1.82, 2.24) is 5.32 Å². The number of alkyl halides is 3. The van der Waals surface area contributed by atoms with Crippen LogP contribution in [0.1, 0.15) is 36.2 Å². The molecular weight excluding hydrogens is 355 g/mol. The van der Waals surface area contributed by atoms with Gasteiger partial charge in [0.1, 0.15) is 6.04 Å². The molecule has 1 N–H and O–H groups in total. The normalized spacial score (nSPS) is 13.5. The molecule has 0 bridgehead atoms. The lowest BCUT2D eigenvalue weighted by molar-refractivity contribution is -0.147. The molecule has 0 radical (unpaired) electrons. The summed E-state index contributed by atoms with van der Waals surface area (Å²) in [6.45, 7) is 2.90. The van der Waals surface area contributed by atoms with E-state index in [1.807, 2.05) is 6.92 Å². The Bertz CT molecular complexity index is 643. The summed E-state index contributed by atoms with van der Waals surface area (Å²) in [5, 5.41) is 2.41. The van der Waals surface area contributed by atoms with Crippen LogP contribution in [0.4, 0.5) is 13.2 Å². The number of carbonyl (C=O) groups excluding carboxylic acids is 3. The van der Waals surface area contributed by atoms with Crippen LogP contribution in [0, 0.1) is 5.92 Å². The lowest BCUT2D eigenvalue weighted by atomic mass is 9.99. The maximum atomic E-state index is 12.5. The molecule has 26 heavy (non-hydrogen) atoms. The highest BCUT2D eigenvalue weighted by Gasteiger charge is 2.30. The number of nitrogens with one attached hydrogen (secondary N) is 1. The average Bonchev–Trinajstić information content (AvgIpc) is 2.62. The quantitative estimate of drug-likeness (QED) is 0.741. The van der Waals surface area contributed by atoms with Gasteiger partial charge in [-0.3, -0.25) is 4.79 Å².